The number of carbonyl (C=O) groups is 3. The molecule has 0 aromatic heterocycles. The molecule has 0 saturated heterocycles. The normalized spacial score (nSPS) is 10.9. The van der Waals surface area contributed by atoms with Gasteiger partial charge in [-0.1, -0.05) is 29.8 Å². The lowest BCUT2D eigenvalue weighted by molar-refractivity contribution is -0.118. The molecule has 8 heteroatoms. The number of urea groups is 1. The quantitative estimate of drug-likeness (QED) is 0.572. The Morgan fingerprint density at radius 3 is 2.39 bits per heavy atom. The monoisotopic (exact) mass is 334 g/mol. The molecule has 7 nitrogen and oxygen atoms in total. The fraction of sp³-hybridized carbons (Fsp3) is 0.200. The van der Waals surface area contributed by atoms with Crippen LogP contribution in [0, 0.1) is 11.3 Å². The van der Waals surface area contributed by atoms with Crippen LogP contribution in [-0.4, -0.2) is 17.8 Å². The van der Waals surface area contributed by atoms with Crippen molar-refractivity contribution in [3.63, 3.8) is 0 Å². The lowest BCUT2D eigenvalue weighted by atomic mass is 10.2. The van der Waals surface area contributed by atoms with Crippen LogP contribution in [0.1, 0.15) is 19.4 Å². The summed E-state index contributed by atoms with van der Waals surface area (Å²) in [5.74, 6) is -1.53. The highest BCUT2D eigenvalue weighted by atomic mass is 35.5. The summed E-state index contributed by atoms with van der Waals surface area (Å²) in [6.45, 7) is 2.96. The third-order valence-corrected chi connectivity index (χ3v) is 3.10. The van der Waals surface area contributed by atoms with E-state index in [1.54, 1.807) is 24.3 Å². The zero-order valence-electron chi connectivity index (χ0n) is 12.6. The van der Waals surface area contributed by atoms with Gasteiger partial charge in [-0.2, -0.15) is 5.26 Å². The third-order valence-electron chi connectivity index (χ3n) is 2.73. The molecule has 120 valence electrons. The number of amides is 4. The Morgan fingerprint density at radius 2 is 1.83 bits per heavy atom. The summed E-state index contributed by atoms with van der Waals surface area (Å²) >= 11 is 6.02. The van der Waals surface area contributed by atoms with Crippen LogP contribution >= 0.6 is 11.6 Å². The van der Waals surface area contributed by atoms with Gasteiger partial charge in [-0.25, -0.2) is 4.79 Å². The summed E-state index contributed by atoms with van der Waals surface area (Å²) in [4.78, 5) is 33.9. The SMILES string of the molecule is CC(=O)NC(=O)NC(=O)/C(C#N)=C(\C)NCc1ccccc1Cl. The molecule has 0 aliphatic rings. The minimum Gasteiger partial charge on any atom is -0.383 e. The Balaban J connectivity index is 2.77. The number of nitrogens with zero attached hydrogens (tertiary/aromatic N) is 1. The first-order valence-corrected chi connectivity index (χ1v) is 6.94. The molecule has 0 aliphatic carbocycles. The van der Waals surface area contributed by atoms with E-state index in [0.717, 1.165) is 12.5 Å². The maximum absolute atomic E-state index is 11.9. The van der Waals surface area contributed by atoms with Crippen molar-refractivity contribution in [2.24, 2.45) is 0 Å². The number of halogens is 1. The topological polar surface area (TPSA) is 111 Å². The Labute approximate surface area is 138 Å². The second-order valence-electron chi connectivity index (χ2n) is 4.52. The fourth-order valence-corrected chi connectivity index (χ4v) is 1.82. The first kappa shape index (κ1) is 18.2. The number of hydrogen-bond donors (Lipinski definition) is 3. The van der Waals surface area contributed by atoms with E-state index in [4.69, 9.17) is 16.9 Å². The lowest BCUT2D eigenvalue weighted by Gasteiger charge is -2.10. The second-order valence-corrected chi connectivity index (χ2v) is 4.93. The number of nitriles is 1. The highest BCUT2D eigenvalue weighted by Gasteiger charge is 2.16. The predicted molar refractivity (Wildman–Crippen MR) is 84.0 cm³/mol. The van der Waals surface area contributed by atoms with Gasteiger partial charge in [0.1, 0.15) is 11.6 Å². The average molecular weight is 335 g/mol. The molecule has 0 bridgehead atoms. The number of nitrogens with one attached hydrogen (secondary N) is 3. The van der Waals surface area contributed by atoms with Crippen LogP contribution < -0.4 is 16.0 Å². The van der Waals surface area contributed by atoms with Crippen LogP contribution in [0.4, 0.5) is 4.79 Å². The largest absolute Gasteiger partial charge is 0.383 e. The van der Waals surface area contributed by atoms with Crippen molar-refractivity contribution in [3.05, 3.63) is 46.1 Å². The molecule has 1 aromatic carbocycles. The molecule has 4 amide bonds. The van der Waals surface area contributed by atoms with E-state index >= 15 is 0 Å². The molecule has 0 radical (unpaired) electrons. The van der Waals surface area contributed by atoms with Crippen molar-refractivity contribution in [1.82, 2.24) is 16.0 Å². The lowest BCUT2D eigenvalue weighted by Crippen LogP contribution is -2.42. The summed E-state index contributed by atoms with van der Waals surface area (Å²) in [5.41, 5.74) is 0.803. The van der Waals surface area contributed by atoms with Crippen LogP contribution in [0.3, 0.4) is 0 Å². The molecule has 0 aliphatic heterocycles. The van der Waals surface area contributed by atoms with Gasteiger partial charge >= 0.3 is 6.03 Å². The molecule has 0 saturated carbocycles. The second kappa shape index (κ2) is 8.56. The van der Waals surface area contributed by atoms with Gasteiger partial charge in [0.25, 0.3) is 5.91 Å². The predicted octanol–water partition coefficient (Wildman–Crippen LogP) is 1.60. The summed E-state index contributed by atoms with van der Waals surface area (Å²) < 4.78 is 0. The van der Waals surface area contributed by atoms with Gasteiger partial charge in [0.2, 0.25) is 5.91 Å². The van der Waals surface area contributed by atoms with Gasteiger partial charge in [-0.15, -0.1) is 0 Å². The maximum atomic E-state index is 11.9. The van der Waals surface area contributed by atoms with E-state index in [-0.39, 0.29) is 11.3 Å². The van der Waals surface area contributed by atoms with Gasteiger partial charge in [0, 0.05) is 24.2 Å². The molecule has 1 aromatic rings. The molecular weight excluding hydrogens is 320 g/mol. The van der Waals surface area contributed by atoms with Gasteiger partial charge in [0.15, 0.2) is 0 Å². The Hall–Kier alpha value is -2.85. The first-order valence-electron chi connectivity index (χ1n) is 6.56. The molecule has 0 unspecified atom stereocenters. The first-order chi connectivity index (χ1) is 10.8. The van der Waals surface area contributed by atoms with E-state index in [2.05, 4.69) is 5.32 Å². The molecule has 1 rings (SSSR count). The highest BCUT2D eigenvalue weighted by molar-refractivity contribution is 6.31. The van der Waals surface area contributed by atoms with Gasteiger partial charge in [-0.3, -0.25) is 20.2 Å². The summed E-state index contributed by atoms with van der Waals surface area (Å²) in [5, 5.41) is 16.3. The average Bonchev–Trinajstić information content (AvgIpc) is 2.46. The number of rotatable bonds is 4. The van der Waals surface area contributed by atoms with E-state index in [0.29, 0.717) is 11.6 Å². The molecule has 0 fully saturated rings. The van der Waals surface area contributed by atoms with Crippen LogP contribution in [0.15, 0.2) is 35.5 Å². The molecule has 0 spiro atoms. The zero-order valence-corrected chi connectivity index (χ0v) is 13.3. The Morgan fingerprint density at radius 1 is 1.17 bits per heavy atom. The minimum atomic E-state index is -0.992. The Kier molecular flexibility index (Phi) is 6.77. The number of allylic oxidation sites excluding steroid dienone is 1. The van der Waals surface area contributed by atoms with Crippen molar-refractivity contribution in [3.8, 4) is 6.07 Å². The van der Waals surface area contributed by atoms with Crippen LogP contribution in [0.5, 0.6) is 0 Å². The number of carbonyl (C=O) groups excluding carboxylic acids is 3. The van der Waals surface area contributed by atoms with Crippen molar-refractivity contribution < 1.29 is 14.4 Å². The molecule has 0 heterocycles. The van der Waals surface area contributed by atoms with Gasteiger partial charge < -0.3 is 5.32 Å². The van der Waals surface area contributed by atoms with Crippen molar-refractivity contribution in [2.45, 2.75) is 20.4 Å². The van der Waals surface area contributed by atoms with Crippen LogP contribution in [0.2, 0.25) is 5.02 Å². The molecular formula is C15H15ClN4O3. The number of benzene rings is 1. The van der Waals surface area contributed by atoms with Gasteiger partial charge in [0.05, 0.1) is 0 Å². The molecule has 23 heavy (non-hydrogen) atoms. The summed E-state index contributed by atoms with van der Waals surface area (Å²) in [7, 11) is 0. The van der Waals surface area contributed by atoms with E-state index < -0.39 is 17.8 Å². The Bertz CT molecular complexity index is 707. The van der Waals surface area contributed by atoms with Crippen molar-refractivity contribution >= 4 is 29.4 Å². The van der Waals surface area contributed by atoms with Crippen LogP contribution in [-0.2, 0) is 16.1 Å². The smallest absolute Gasteiger partial charge is 0.328 e. The summed E-state index contributed by atoms with van der Waals surface area (Å²) in [6, 6.07) is 7.85. The van der Waals surface area contributed by atoms with Crippen molar-refractivity contribution in [2.75, 3.05) is 0 Å². The zero-order chi connectivity index (χ0) is 17.4. The minimum absolute atomic E-state index is 0.268. The van der Waals surface area contributed by atoms with Gasteiger partial charge in [-0.05, 0) is 18.6 Å². The standard InChI is InChI=1S/C15H15ClN4O3/c1-9(18-8-11-5-3-4-6-13(11)16)12(7-17)14(22)20-15(23)19-10(2)21/h3-6,18H,8H2,1-2H3,(H2,19,20,21,22,23)/b12-9+. The van der Waals surface area contributed by atoms with Crippen molar-refractivity contribution in [1.29, 1.82) is 5.26 Å². The summed E-state index contributed by atoms with van der Waals surface area (Å²) in [6.07, 6.45) is 0. The molecule has 3 N–H and O–H groups in total. The van der Waals surface area contributed by atoms with E-state index in [1.807, 2.05) is 16.7 Å². The van der Waals surface area contributed by atoms with E-state index in [9.17, 15) is 14.4 Å². The fourth-order valence-electron chi connectivity index (χ4n) is 1.62. The number of imide groups is 2. The molecule has 0 atom stereocenters. The van der Waals surface area contributed by atoms with E-state index in [1.165, 1.54) is 6.92 Å². The van der Waals surface area contributed by atoms with Crippen LogP contribution in [0.25, 0.3) is 0 Å². The highest BCUT2D eigenvalue weighted by Crippen LogP contribution is 2.15. The maximum Gasteiger partial charge on any atom is 0.328 e. The third kappa shape index (κ3) is 5.80. The number of hydrogen-bond acceptors (Lipinski definition) is 5.